The molecule has 3 aromatic rings. The minimum Gasteiger partial charge on any atom is -0.273 e. The van der Waals surface area contributed by atoms with Crippen LogP contribution in [0, 0.1) is 11.6 Å². The standard InChI is InChI=1S/C17H11ClF2N2O3S2/c18-11-3-8-16(13(20)9-11)27(24,25)22-21-17(23)15-7-6-14(26-15)10-1-4-12(19)5-2-10/h1-9,22H,(H,21,23). The fraction of sp³-hybridized carbons (Fsp3) is 0. The number of sulfonamides is 1. The van der Waals surface area contributed by atoms with Gasteiger partial charge in [-0.25, -0.2) is 17.2 Å². The minimum absolute atomic E-state index is 0.0439. The molecule has 0 unspecified atom stereocenters. The fourth-order valence-electron chi connectivity index (χ4n) is 2.15. The first-order valence-corrected chi connectivity index (χ1v) is 10.1. The van der Waals surface area contributed by atoms with Crippen LogP contribution in [0.4, 0.5) is 8.78 Å². The molecule has 27 heavy (non-hydrogen) atoms. The van der Waals surface area contributed by atoms with Crippen molar-refractivity contribution < 1.29 is 22.0 Å². The van der Waals surface area contributed by atoms with Gasteiger partial charge in [0.1, 0.15) is 16.5 Å². The first-order chi connectivity index (χ1) is 12.8. The summed E-state index contributed by atoms with van der Waals surface area (Å²) in [7, 11) is -4.31. The van der Waals surface area contributed by atoms with E-state index in [0.29, 0.717) is 10.4 Å². The molecule has 5 nitrogen and oxygen atoms in total. The second-order valence-corrected chi connectivity index (χ2v) is 8.48. The van der Waals surface area contributed by atoms with Gasteiger partial charge in [-0.15, -0.1) is 16.2 Å². The molecular weight excluding hydrogens is 418 g/mol. The summed E-state index contributed by atoms with van der Waals surface area (Å²) in [6, 6.07) is 11.9. The highest BCUT2D eigenvalue weighted by Gasteiger charge is 2.21. The van der Waals surface area contributed by atoms with Crippen molar-refractivity contribution in [2.75, 3.05) is 0 Å². The van der Waals surface area contributed by atoms with Gasteiger partial charge in [0, 0.05) is 9.90 Å². The lowest BCUT2D eigenvalue weighted by atomic mass is 10.2. The maximum absolute atomic E-state index is 13.8. The van der Waals surface area contributed by atoms with Crippen molar-refractivity contribution in [2.24, 2.45) is 0 Å². The predicted molar refractivity (Wildman–Crippen MR) is 98.9 cm³/mol. The Hall–Kier alpha value is -2.33. The molecule has 140 valence electrons. The van der Waals surface area contributed by atoms with Gasteiger partial charge in [-0.05, 0) is 48.0 Å². The van der Waals surface area contributed by atoms with Crippen molar-refractivity contribution in [3.63, 3.8) is 0 Å². The zero-order valence-corrected chi connectivity index (χ0v) is 15.8. The summed E-state index contributed by atoms with van der Waals surface area (Å²) < 4.78 is 51.0. The lowest BCUT2D eigenvalue weighted by Crippen LogP contribution is -2.41. The van der Waals surface area contributed by atoms with Crippen molar-refractivity contribution in [1.29, 1.82) is 0 Å². The number of benzene rings is 2. The first-order valence-electron chi connectivity index (χ1n) is 7.39. The molecule has 1 aromatic heterocycles. The monoisotopic (exact) mass is 428 g/mol. The van der Waals surface area contributed by atoms with Crippen LogP contribution in [0.1, 0.15) is 9.67 Å². The molecule has 1 amide bonds. The second kappa shape index (κ2) is 7.73. The maximum Gasteiger partial charge on any atom is 0.276 e. The first kappa shape index (κ1) is 19.4. The highest BCUT2D eigenvalue weighted by molar-refractivity contribution is 7.89. The molecule has 0 fully saturated rings. The lowest BCUT2D eigenvalue weighted by Gasteiger charge is -2.08. The third-order valence-electron chi connectivity index (χ3n) is 3.44. The van der Waals surface area contributed by atoms with E-state index < -0.39 is 26.6 Å². The average Bonchev–Trinajstić information content (AvgIpc) is 3.10. The highest BCUT2D eigenvalue weighted by atomic mass is 35.5. The molecule has 0 bridgehead atoms. The number of thiophene rings is 1. The third kappa shape index (κ3) is 4.51. The Kier molecular flexibility index (Phi) is 5.56. The van der Waals surface area contributed by atoms with Crippen molar-refractivity contribution in [3.05, 3.63) is 76.1 Å². The van der Waals surface area contributed by atoms with Crippen LogP contribution in [-0.2, 0) is 10.0 Å². The van der Waals surface area contributed by atoms with E-state index in [1.165, 1.54) is 24.3 Å². The number of amides is 1. The van der Waals surface area contributed by atoms with E-state index >= 15 is 0 Å². The van der Waals surface area contributed by atoms with Gasteiger partial charge in [0.2, 0.25) is 0 Å². The van der Waals surface area contributed by atoms with Crippen molar-refractivity contribution in [3.8, 4) is 10.4 Å². The van der Waals surface area contributed by atoms with Gasteiger partial charge >= 0.3 is 0 Å². The molecule has 0 aliphatic heterocycles. The van der Waals surface area contributed by atoms with Crippen LogP contribution in [0.5, 0.6) is 0 Å². The number of carbonyl (C=O) groups is 1. The van der Waals surface area contributed by atoms with E-state index in [4.69, 9.17) is 11.6 Å². The van der Waals surface area contributed by atoms with Gasteiger partial charge in [-0.2, -0.15) is 0 Å². The average molecular weight is 429 g/mol. The summed E-state index contributed by atoms with van der Waals surface area (Å²) in [4.78, 5) is 14.3. The maximum atomic E-state index is 13.8. The zero-order chi connectivity index (χ0) is 19.6. The summed E-state index contributed by atoms with van der Waals surface area (Å²) in [5.41, 5.74) is 2.74. The van der Waals surface area contributed by atoms with Gasteiger partial charge < -0.3 is 0 Å². The van der Waals surface area contributed by atoms with Gasteiger partial charge in [-0.3, -0.25) is 10.2 Å². The largest absolute Gasteiger partial charge is 0.276 e. The topological polar surface area (TPSA) is 75.3 Å². The van der Waals surface area contributed by atoms with Gasteiger partial charge in [0.05, 0.1) is 4.88 Å². The molecule has 1 heterocycles. The molecule has 3 rings (SSSR count). The predicted octanol–water partition coefficient (Wildman–Crippen LogP) is 3.97. The number of hydrogen-bond donors (Lipinski definition) is 2. The SMILES string of the molecule is O=C(NNS(=O)(=O)c1ccc(Cl)cc1F)c1ccc(-c2ccc(F)cc2)s1. The lowest BCUT2D eigenvalue weighted by molar-refractivity contribution is 0.0949. The molecule has 2 N–H and O–H groups in total. The van der Waals surface area contributed by atoms with E-state index in [1.807, 2.05) is 10.3 Å². The van der Waals surface area contributed by atoms with Crippen LogP contribution in [-0.4, -0.2) is 14.3 Å². The summed E-state index contributed by atoms with van der Waals surface area (Å²) in [6.45, 7) is 0. The van der Waals surface area contributed by atoms with Crippen molar-refractivity contribution >= 4 is 38.9 Å². The van der Waals surface area contributed by atoms with Crippen LogP contribution in [0.2, 0.25) is 5.02 Å². The third-order valence-corrected chi connectivity index (χ3v) is 6.09. The van der Waals surface area contributed by atoms with E-state index in [2.05, 4.69) is 0 Å². The quantitative estimate of drug-likeness (QED) is 0.604. The Bertz CT molecular complexity index is 1100. The normalized spacial score (nSPS) is 11.4. The summed E-state index contributed by atoms with van der Waals surface area (Å²) in [5, 5.41) is 0.0439. The second-order valence-electron chi connectivity index (χ2n) is 5.31. The molecular formula is C17H11ClF2N2O3S2. The molecule has 10 heteroatoms. The molecule has 0 aliphatic rings. The molecule has 2 aromatic carbocycles. The van der Waals surface area contributed by atoms with Crippen LogP contribution in [0.25, 0.3) is 10.4 Å². The minimum atomic E-state index is -4.31. The van der Waals surface area contributed by atoms with Crippen molar-refractivity contribution in [1.82, 2.24) is 10.3 Å². The Balaban J connectivity index is 1.71. The molecule has 0 aliphatic carbocycles. The highest BCUT2D eigenvalue weighted by Crippen LogP contribution is 2.28. The summed E-state index contributed by atoms with van der Waals surface area (Å²) in [6.07, 6.45) is 0. The van der Waals surface area contributed by atoms with Crippen LogP contribution < -0.4 is 10.3 Å². The van der Waals surface area contributed by atoms with Gasteiger partial charge in [0.25, 0.3) is 15.9 Å². The zero-order valence-electron chi connectivity index (χ0n) is 13.4. The molecule has 0 spiro atoms. The summed E-state index contributed by atoms with van der Waals surface area (Å²) in [5.74, 6) is -2.14. The van der Waals surface area contributed by atoms with Gasteiger partial charge in [-0.1, -0.05) is 23.7 Å². The number of hydrogen-bond acceptors (Lipinski definition) is 4. The van der Waals surface area contributed by atoms with Gasteiger partial charge in [0.15, 0.2) is 0 Å². The molecule has 0 saturated heterocycles. The Labute approximate surface area is 162 Å². The number of rotatable bonds is 5. The van der Waals surface area contributed by atoms with E-state index in [1.54, 1.807) is 18.2 Å². The van der Waals surface area contributed by atoms with Crippen LogP contribution >= 0.6 is 22.9 Å². The van der Waals surface area contributed by atoms with Crippen molar-refractivity contribution in [2.45, 2.75) is 4.90 Å². The summed E-state index contributed by atoms with van der Waals surface area (Å²) >= 11 is 6.68. The van der Waals surface area contributed by atoms with Crippen LogP contribution in [0.15, 0.2) is 59.5 Å². The Morgan fingerprint density at radius 1 is 1.00 bits per heavy atom. The van der Waals surface area contributed by atoms with E-state index in [9.17, 15) is 22.0 Å². The smallest absolute Gasteiger partial charge is 0.273 e. The molecule has 0 radical (unpaired) electrons. The number of halogens is 3. The fourth-order valence-corrected chi connectivity index (χ4v) is 4.12. The van der Waals surface area contributed by atoms with Crippen LogP contribution in [0.3, 0.4) is 0 Å². The van der Waals surface area contributed by atoms with E-state index in [-0.39, 0.29) is 15.7 Å². The number of carbonyl (C=O) groups excluding carboxylic acids is 1. The van der Waals surface area contributed by atoms with E-state index in [0.717, 1.165) is 23.5 Å². The Morgan fingerprint density at radius 3 is 2.37 bits per heavy atom. The number of hydrazine groups is 1. The Morgan fingerprint density at radius 2 is 1.70 bits per heavy atom. The molecule has 0 saturated carbocycles. The molecule has 0 atom stereocenters. The number of nitrogens with one attached hydrogen (secondary N) is 2.